The van der Waals surface area contributed by atoms with Gasteiger partial charge in [0, 0.05) is 19.8 Å². The van der Waals surface area contributed by atoms with Gasteiger partial charge in [-0.3, -0.25) is 4.57 Å². The summed E-state index contributed by atoms with van der Waals surface area (Å²) in [5.41, 5.74) is 0. The van der Waals surface area contributed by atoms with Gasteiger partial charge in [0.2, 0.25) is 0 Å². The Kier molecular flexibility index (Phi) is 8.37. The fraction of sp³-hybridized carbons (Fsp3) is 1.00. The van der Waals surface area contributed by atoms with E-state index in [9.17, 15) is 4.57 Å². The van der Waals surface area contributed by atoms with Crippen LogP contribution < -0.4 is 0 Å². The first kappa shape index (κ1) is 14.0. The van der Waals surface area contributed by atoms with E-state index in [-0.39, 0.29) is 32.8 Å². The zero-order valence-corrected chi connectivity index (χ0v) is 8.86. The highest BCUT2D eigenvalue weighted by Crippen LogP contribution is 2.41. The zero-order chi connectivity index (χ0) is 10.9. The second-order valence-electron chi connectivity index (χ2n) is 2.66. The average molecular weight is 228 g/mol. The van der Waals surface area contributed by atoms with Crippen LogP contribution in [0.1, 0.15) is 12.8 Å². The van der Waals surface area contributed by atoms with Crippen molar-refractivity contribution < 1.29 is 28.9 Å². The molecule has 7 heteroatoms. The molecular weight excluding hydrogens is 211 g/mol. The monoisotopic (exact) mass is 228 g/mol. The van der Waals surface area contributed by atoms with Crippen LogP contribution in [-0.4, -0.2) is 47.9 Å². The molecular formula is C7H17O6P. The Morgan fingerprint density at radius 2 is 1.64 bits per heavy atom. The Morgan fingerprint density at radius 3 is 2.21 bits per heavy atom. The van der Waals surface area contributed by atoms with Gasteiger partial charge in [-0.05, 0) is 12.8 Å². The first-order valence-electron chi connectivity index (χ1n) is 4.38. The summed E-state index contributed by atoms with van der Waals surface area (Å²) >= 11 is 0. The van der Waals surface area contributed by atoms with Gasteiger partial charge >= 0.3 is 7.60 Å². The van der Waals surface area contributed by atoms with Crippen LogP contribution in [-0.2, 0) is 13.8 Å². The van der Waals surface area contributed by atoms with E-state index >= 15 is 0 Å². The highest BCUT2D eigenvalue weighted by molar-refractivity contribution is 7.52. The molecule has 0 heterocycles. The second-order valence-corrected chi connectivity index (χ2v) is 4.45. The number of ether oxygens (including phenoxy) is 1. The normalized spacial score (nSPS) is 15.4. The molecule has 1 unspecified atom stereocenters. The maximum atomic E-state index is 11.1. The Hall–Kier alpha value is 0.0300. The summed E-state index contributed by atoms with van der Waals surface area (Å²) < 4.78 is 20.5. The van der Waals surface area contributed by atoms with E-state index in [1.807, 2.05) is 0 Å². The smallest absolute Gasteiger partial charge is 0.353 e. The molecule has 0 aliphatic heterocycles. The molecule has 0 aromatic heterocycles. The molecule has 0 aromatic rings. The lowest BCUT2D eigenvalue weighted by Crippen LogP contribution is -2.03. The maximum absolute atomic E-state index is 11.1. The molecule has 0 radical (unpaired) electrons. The number of hydrogen-bond acceptors (Lipinski definition) is 5. The molecule has 3 N–H and O–H groups in total. The van der Waals surface area contributed by atoms with Crippen molar-refractivity contribution in [1.29, 1.82) is 0 Å². The fourth-order valence-electron chi connectivity index (χ4n) is 0.656. The second kappa shape index (κ2) is 8.35. The van der Waals surface area contributed by atoms with E-state index in [0.717, 1.165) is 0 Å². The zero-order valence-electron chi connectivity index (χ0n) is 7.96. The molecule has 6 nitrogen and oxygen atoms in total. The summed E-state index contributed by atoms with van der Waals surface area (Å²) in [6, 6.07) is 0. The minimum atomic E-state index is -3.68. The number of aliphatic hydroxyl groups excluding tert-OH is 2. The minimum absolute atomic E-state index is 0.0128. The molecule has 0 aromatic carbocycles. The molecule has 0 bridgehead atoms. The topological polar surface area (TPSA) is 96.2 Å². The van der Waals surface area contributed by atoms with Gasteiger partial charge in [0.1, 0.15) is 6.35 Å². The van der Waals surface area contributed by atoms with Crippen LogP contribution in [0.4, 0.5) is 0 Å². The molecule has 0 rings (SSSR count). The van der Waals surface area contributed by atoms with Gasteiger partial charge in [0.05, 0.1) is 6.61 Å². The third-order valence-electron chi connectivity index (χ3n) is 1.30. The van der Waals surface area contributed by atoms with Gasteiger partial charge in [0.25, 0.3) is 0 Å². The van der Waals surface area contributed by atoms with E-state index in [2.05, 4.69) is 4.52 Å². The summed E-state index contributed by atoms with van der Waals surface area (Å²) in [4.78, 5) is 9.10. The number of rotatable bonds is 9. The molecule has 86 valence electrons. The number of hydrogen-bond donors (Lipinski definition) is 3. The number of aliphatic hydroxyl groups is 2. The summed E-state index contributed by atoms with van der Waals surface area (Å²) in [6.45, 7) is 0.171. The summed E-state index contributed by atoms with van der Waals surface area (Å²) in [7, 11) is -3.68. The van der Waals surface area contributed by atoms with Crippen molar-refractivity contribution in [3.8, 4) is 0 Å². The minimum Gasteiger partial charge on any atom is -0.396 e. The maximum Gasteiger partial charge on any atom is 0.353 e. The van der Waals surface area contributed by atoms with Crippen LogP contribution in [0.5, 0.6) is 0 Å². The van der Waals surface area contributed by atoms with Crippen molar-refractivity contribution in [2.45, 2.75) is 12.8 Å². The van der Waals surface area contributed by atoms with Crippen molar-refractivity contribution in [3.05, 3.63) is 0 Å². The molecule has 0 aliphatic rings. The van der Waals surface area contributed by atoms with E-state index in [0.29, 0.717) is 12.8 Å². The van der Waals surface area contributed by atoms with Crippen LogP contribution in [0.25, 0.3) is 0 Å². The molecule has 0 spiro atoms. The van der Waals surface area contributed by atoms with Gasteiger partial charge in [-0.1, -0.05) is 0 Å². The SMILES string of the molecule is O=P(O)(COCCCO)OCCCO. The van der Waals surface area contributed by atoms with Gasteiger partial charge < -0.3 is 24.4 Å². The summed E-state index contributed by atoms with van der Waals surface area (Å²) in [6.07, 6.45) is 0.371. The van der Waals surface area contributed by atoms with Crippen molar-refractivity contribution in [2.24, 2.45) is 0 Å². The van der Waals surface area contributed by atoms with E-state index in [1.165, 1.54) is 0 Å². The standard InChI is InChI=1S/C7H17O6P/c8-3-1-5-12-7-14(10,11)13-6-2-4-9/h8-9H,1-7H2,(H,10,11). The predicted octanol–water partition coefficient (Wildman–Crippen LogP) is -0.0727. The third kappa shape index (κ3) is 8.62. The Morgan fingerprint density at radius 1 is 1.07 bits per heavy atom. The van der Waals surface area contributed by atoms with Crippen LogP contribution in [0, 0.1) is 0 Å². The highest BCUT2D eigenvalue weighted by atomic mass is 31.2. The molecule has 0 fully saturated rings. The lowest BCUT2D eigenvalue weighted by atomic mass is 10.5. The van der Waals surface area contributed by atoms with Gasteiger partial charge in [-0.25, -0.2) is 0 Å². The lowest BCUT2D eigenvalue weighted by molar-refractivity contribution is 0.125. The fourth-order valence-corrected chi connectivity index (χ4v) is 1.50. The van der Waals surface area contributed by atoms with Crippen molar-refractivity contribution >= 4 is 7.60 Å². The first-order chi connectivity index (χ1) is 6.62. The van der Waals surface area contributed by atoms with Crippen LogP contribution in [0.2, 0.25) is 0 Å². The van der Waals surface area contributed by atoms with Crippen LogP contribution >= 0.6 is 7.60 Å². The Bertz CT molecular complexity index is 174. The average Bonchev–Trinajstić information content (AvgIpc) is 2.13. The molecule has 0 amide bonds. The quantitative estimate of drug-likeness (QED) is 0.377. The molecule has 14 heavy (non-hydrogen) atoms. The van der Waals surface area contributed by atoms with Crippen molar-refractivity contribution in [1.82, 2.24) is 0 Å². The lowest BCUT2D eigenvalue weighted by Gasteiger charge is -2.11. The van der Waals surface area contributed by atoms with Crippen molar-refractivity contribution in [2.75, 3.05) is 32.8 Å². The molecule has 0 saturated carbocycles. The van der Waals surface area contributed by atoms with E-state index < -0.39 is 7.60 Å². The van der Waals surface area contributed by atoms with Gasteiger partial charge in [-0.15, -0.1) is 0 Å². The van der Waals surface area contributed by atoms with Crippen LogP contribution in [0.15, 0.2) is 0 Å². The van der Waals surface area contributed by atoms with E-state index in [4.69, 9.17) is 19.8 Å². The van der Waals surface area contributed by atoms with Gasteiger partial charge in [-0.2, -0.15) is 0 Å². The predicted molar refractivity (Wildman–Crippen MR) is 50.0 cm³/mol. The van der Waals surface area contributed by atoms with Crippen molar-refractivity contribution in [3.63, 3.8) is 0 Å². The Labute approximate surface area is 83.0 Å². The summed E-state index contributed by atoms with van der Waals surface area (Å²) in [5.74, 6) is 0. The largest absolute Gasteiger partial charge is 0.396 e. The van der Waals surface area contributed by atoms with Gasteiger partial charge in [0.15, 0.2) is 0 Å². The highest BCUT2D eigenvalue weighted by Gasteiger charge is 2.18. The van der Waals surface area contributed by atoms with E-state index in [1.54, 1.807) is 0 Å². The molecule has 0 saturated heterocycles. The Balaban J connectivity index is 3.46. The summed E-state index contributed by atoms with van der Waals surface area (Å²) in [5, 5.41) is 16.8. The molecule has 0 aliphatic carbocycles. The van der Waals surface area contributed by atoms with Crippen LogP contribution in [0.3, 0.4) is 0 Å². The first-order valence-corrected chi connectivity index (χ1v) is 6.14. The third-order valence-corrected chi connectivity index (χ3v) is 2.39. The molecule has 1 atom stereocenters.